The standard InChI is InChI=1S/C21H23F3N4O3/c1-20(31,21(22,23)24)15-8-4-7-14(9-15)11-28-18(29)16-17(26(2)19(28)30)25-12-27(16)10-13-5-3-6-13/h4,7-9,12-13,31H,3,5-6,10-11H2,1-2H3. The molecule has 1 aliphatic rings. The molecule has 2 heterocycles. The van der Waals surface area contributed by atoms with Gasteiger partial charge in [0.25, 0.3) is 5.56 Å². The molecule has 1 saturated carbocycles. The second-order valence-corrected chi connectivity index (χ2v) is 8.37. The highest BCUT2D eigenvalue weighted by Crippen LogP contribution is 2.38. The second kappa shape index (κ2) is 7.37. The zero-order chi connectivity index (χ0) is 22.6. The monoisotopic (exact) mass is 436 g/mol. The van der Waals surface area contributed by atoms with Crippen molar-refractivity contribution in [2.45, 2.75) is 51.1 Å². The molecule has 1 aliphatic carbocycles. The van der Waals surface area contributed by atoms with Crippen molar-refractivity contribution in [3.63, 3.8) is 0 Å². The van der Waals surface area contributed by atoms with E-state index < -0.39 is 23.0 Å². The Morgan fingerprint density at radius 3 is 2.55 bits per heavy atom. The van der Waals surface area contributed by atoms with Crippen LogP contribution in [-0.4, -0.2) is 30.0 Å². The fourth-order valence-corrected chi connectivity index (χ4v) is 3.87. The molecule has 4 rings (SSSR count). The first kappa shape index (κ1) is 21.4. The summed E-state index contributed by atoms with van der Waals surface area (Å²) < 4.78 is 43.6. The molecule has 1 N–H and O–H groups in total. The van der Waals surface area contributed by atoms with E-state index in [0.717, 1.165) is 36.0 Å². The van der Waals surface area contributed by atoms with Gasteiger partial charge in [0.1, 0.15) is 0 Å². The summed E-state index contributed by atoms with van der Waals surface area (Å²) in [5.74, 6) is 0.462. The van der Waals surface area contributed by atoms with Crippen molar-refractivity contribution in [1.82, 2.24) is 18.7 Å². The summed E-state index contributed by atoms with van der Waals surface area (Å²) in [6.07, 6.45) is -0.0178. The molecule has 1 fully saturated rings. The summed E-state index contributed by atoms with van der Waals surface area (Å²) >= 11 is 0. The Morgan fingerprint density at radius 2 is 1.94 bits per heavy atom. The molecule has 31 heavy (non-hydrogen) atoms. The Labute approximate surface area is 175 Å². The molecule has 2 aromatic heterocycles. The maximum atomic E-state index is 13.2. The van der Waals surface area contributed by atoms with Gasteiger partial charge in [0.05, 0.1) is 12.9 Å². The lowest BCUT2D eigenvalue weighted by atomic mass is 9.85. The third-order valence-corrected chi connectivity index (χ3v) is 6.16. The molecule has 0 saturated heterocycles. The van der Waals surface area contributed by atoms with Crippen LogP contribution in [0.5, 0.6) is 0 Å². The number of rotatable bonds is 5. The van der Waals surface area contributed by atoms with Gasteiger partial charge in [-0.05, 0) is 36.8 Å². The molecule has 0 spiro atoms. The van der Waals surface area contributed by atoms with Crippen LogP contribution in [0, 0.1) is 5.92 Å². The summed E-state index contributed by atoms with van der Waals surface area (Å²) in [6.45, 7) is 1.08. The number of hydrogen-bond acceptors (Lipinski definition) is 4. The molecule has 0 amide bonds. The highest BCUT2D eigenvalue weighted by molar-refractivity contribution is 5.70. The molecule has 0 aliphatic heterocycles. The van der Waals surface area contributed by atoms with Gasteiger partial charge >= 0.3 is 11.9 Å². The highest BCUT2D eigenvalue weighted by atomic mass is 19.4. The number of aliphatic hydroxyl groups is 1. The van der Waals surface area contributed by atoms with E-state index in [1.54, 1.807) is 10.9 Å². The molecule has 0 bridgehead atoms. The maximum Gasteiger partial charge on any atom is 0.421 e. The number of imidazole rings is 1. The Morgan fingerprint density at radius 1 is 1.23 bits per heavy atom. The molecule has 10 heteroatoms. The molecule has 1 unspecified atom stereocenters. The summed E-state index contributed by atoms with van der Waals surface area (Å²) in [4.78, 5) is 30.2. The van der Waals surface area contributed by atoms with Crippen LogP contribution in [0.2, 0.25) is 0 Å². The predicted octanol–water partition coefficient (Wildman–Crippen LogP) is 2.51. The molecule has 1 aromatic carbocycles. The largest absolute Gasteiger partial charge is 0.421 e. The van der Waals surface area contributed by atoms with Crippen molar-refractivity contribution < 1.29 is 18.3 Å². The quantitative estimate of drug-likeness (QED) is 0.667. The van der Waals surface area contributed by atoms with Gasteiger partial charge in [-0.2, -0.15) is 13.2 Å². The number of alkyl halides is 3. The lowest BCUT2D eigenvalue weighted by molar-refractivity contribution is -0.258. The van der Waals surface area contributed by atoms with E-state index in [4.69, 9.17) is 0 Å². The van der Waals surface area contributed by atoms with Gasteiger partial charge in [0.15, 0.2) is 16.8 Å². The van der Waals surface area contributed by atoms with Gasteiger partial charge in [-0.15, -0.1) is 0 Å². The van der Waals surface area contributed by atoms with E-state index in [9.17, 15) is 27.9 Å². The normalized spacial score (nSPS) is 17.0. The van der Waals surface area contributed by atoms with Crippen molar-refractivity contribution in [1.29, 1.82) is 0 Å². The summed E-state index contributed by atoms with van der Waals surface area (Å²) in [7, 11) is 1.51. The number of fused-ring (bicyclic) bond motifs is 1. The van der Waals surface area contributed by atoms with Crippen LogP contribution in [0.15, 0.2) is 40.2 Å². The number of halogens is 3. The molecule has 1 atom stereocenters. The highest BCUT2D eigenvalue weighted by Gasteiger charge is 2.51. The Kier molecular flexibility index (Phi) is 5.07. The molecule has 166 valence electrons. The van der Waals surface area contributed by atoms with E-state index in [2.05, 4.69) is 4.98 Å². The first-order valence-corrected chi connectivity index (χ1v) is 10.0. The number of aryl methyl sites for hydroxylation is 1. The maximum absolute atomic E-state index is 13.2. The van der Waals surface area contributed by atoms with E-state index in [-0.39, 0.29) is 17.8 Å². The number of hydrogen-bond donors (Lipinski definition) is 1. The third-order valence-electron chi connectivity index (χ3n) is 6.16. The van der Waals surface area contributed by atoms with E-state index in [1.165, 1.54) is 23.7 Å². The number of benzene rings is 1. The van der Waals surface area contributed by atoms with Gasteiger partial charge in [-0.3, -0.25) is 13.9 Å². The first-order valence-electron chi connectivity index (χ1n) is 10.0. The van der Waals surface area contributed by atoms with Crippen LogP contribution in [0.3, 0.4) is 0 Å². The average Bonchev–Trinajstić information content (AvgIpc) is 3.10. The fraction of sp³-hybridized carbons (Fsp3) is 0.476. The van der Waals surface area contributed by atoms with Gasteiger partial charge < -0.3 is 9.67 Å². The second-order valence-electron chi connectivity index (χ2n) is 8.37. The SMILES string of the molecule is Cn1c(=O)n(Cc2cccc(C(C)(O)C(F)(F)F)c2)c(=O)c2c1ncn2CC1CCC1. The van der Waals surface area contributed by atoms with Crippen LogP contribution < -0.4 is 11.2 Å². The summed E-state index contributed by atoms with van der Waals surface area (Å²) in [6, 6.07) is 5.20. The molecular weight excluding hydrogens is 413 g/mol. The lowest BCUT2D eigenvalue weighted by Crippen LogP contribution is -2.40. The van der Waals surface area contributed by atoms with Crippen LogP contribution in [0.25, 0.3) is 11.2 Å². The van der Waals surface area contributed by atoms with Gasteiger partial charge in [0.2, 0.25) is 0 Å². The number of aromatic nitrogens is 4. The van der Waals surface area contributed by atoms with E-state index >= 15 is 0 Å². The van der Waals surface area contributed by atoms with Crippen LogP contribution in [0.1, 0.15) is 37.3 Å². The molecule has 0 radical (unpaired) electrons. The van der Waals surface area contributed by atoms with Gasteiger partial charge in [-0.25, -0.2) is 9.78 Å². The Hall–Kier alpha value is -2.88. The Bertz CT molecular complexity index is 1250. The minimum atomic E-state index is -4.87. The Balaban J connectivity index is 1.77. The van der Waals surface area contributed by atoms with Crippen LogP contribution in [-0.2, 0) is 25.7 Å². The van der Waals surface area contributed by atoms with Crippen LogP contribution >= 0.6 is 0 Å². The lowest BCUT2D eigenvalue weighted by Gasteiger charge is -2.27. The zero-order valence-corrected chi connectivity index (χ0v) is 17.2. The average molecular weight is 436 g/mol. The van der Waals surface area contributed by atoms with Gasteiger partial charge in [-0.1, -0.05) is 30.7 Å². The van der Waals surface area contributed by atoms with E-state index in [1.807, 2.05) is 0 Å². The van der Waals surface area contributed by atoms with Crippen molar-refractivity contribution in [3.8, 4) is 0 Å². The predicted molar refractivity (Wildman–Crippen MR) is 108 cm³/mol. The minimum Gasteiger partial charge on any atom is -0.376 e. The summed E-state index contributed by atoms with van der Waals surface area (Å²) in [5.41, 5.74) is -3.69. The topological polar surface area (TPSA) is 82.0 Å². The fourth-order valence-electron chi connectivity index (χ4n) is 3.87. The van der Waals surface area contributed by atoms with Crippen molar-refractivity contribution in [2.75, 3.05) is 0 Å². The molecule has 7 nitrogen and oxygen atoms in total. The molecular formula is C21H23F3N4O3. The summed E-state index contributed by atoms with van der Waals surface area (Å²) in [5, 5.41) is 9.96. The first-order chi connectivity index (χ1) is 14.5. The zero-order valence-electron chi connectivity index (χ0n) is 17.2. The van der Waals surface area contributed by atoms with Crippen LogP contribution in [0.4, 0.5) is 13.2 Å². The van der Waals surface area contributed by atoms with Crippen molar-refractivity contribution >= 4 is 11.2 Å². The van der Waals surface area contributed by atoms with Crippen molar-refractivity contribution in [2.24, 2.45) is 13.0 Å². The van der Waals surface area contributed by atoms with E-state index in [0.29, 0.717) is 30.5 Å². The molecule has 3 aromatic rings. The van der Waals surface area contributed by atoms with Crippen molar-refractivity contribution in [3.05, 3.63) is 62.6 Å². The number of nitrogens with zero attached hydrogens (tertiary/aromatic N) is 4. The third kappa shape index (κ3) is 3.58. The smallest absolute Gasteiger partial charge is 0.376 e. The minimum absolute atomic E-state index is 0.224. The van der Waals surface area contributed by atoms with Gasteiger partial charge in [0, 0.05) is 13.6 Å².